The fourth-order valence-electron chi connectivity index (χ4n) is 2.26. The van der Waals surface area contributed by atoms with Crippen LogP contribution in [0.5, 0.6) is 11.5 Å². The lowest BCUT2D eigenvalue weighted by molar-refractivity contribution is -0.114. The van der Waals surface area contributed by atoms with Crippen LogP contribution in [0.1, 0.15) is 10.4 Å². The Hall–Kier alpha value is -3.00. The van der Waals surface area contributed by atoms with Gasteiger partial charge < -0.3 is 24.8 Å². The van der Waals surface area contributed by atoms with Crippen molar-refractivity contribution in [3.05, 3.63) is 46.7 Å². The second kappa shape index (κ2) is 9.09. The quantitative estimate of drug-likeness (QED) is 0.698. The van der Waals surface area contributed by atoms with Gasteiger partial charge in [-0.1, -0.05) is 11.6 Å². The first-order valence-corrected chi connectivity index (χ1v) is 8.10. The normalized spacial score (nSPS) is 10.1. The topological polar surface area (TPSA) is 85.9 Å². The van der Waals surface area contributed by atoms with E-state index in [-0.39, 0.29) is 17.1 Å². The largest absolute Gasteiger partial charge is 0.493 e. The van der Waals surface area contributed by atoms with E-state index in [4.69, 9.17) is 25.8 Å². The number of halogens is 2. The molecule has 7 nitrogen and oxygen atoms in total. The van der Waals surface area contributed by atoms with Crippen LogP contribution in [0.2, 0.25) is 5.02 Å². The second-order valence-corrected chi connectivity index (χ2v) is 5.68. The lowest BCUT2D eigenvalue weighted by Crippen LogP contribution is -2.23. The van der Waals surface area contributed by atoms with Crippen LogP contribution < -0.4 is 20.1 Å². The Labute approximate surface area is 160 Å². The van der Waals surface area contributed by atoms with Gasteiger partial charge in [0, 0.05) is 17.8 Å². The number of carbonyl (C=O) groups excluding carboxylic acids is 2. The number of carbonyl (C=O) groups is 2. The molecule has 0 bridgehead atoms. The van der Waals surface area contributed by atoms with E-state index < -0.39 is 17.7 Å². The number of ether oxygens (including phenoxy) is 3. The number of amides is 1. The third-order valence-corrected chi connectivity index (χ3v) is 3.86. The molecule has 2 aromatic carbocycles. The van der Waals surface area contributed by atoms with Crippen molar-refractivity contribution in [1.29, 1.82) is 0 Å². The molecule has 0 unspecified atom stereocenters. The standard InChI is InChI=1S/C18H18ClFN2O5/c1-25-15-7-11(18(24)27-3)14(8-16(15)26-2)21-9-17(23)22-10-4-5-13(20)12(19)6-10/h4-8,21H,9H2,1-3H3,(H,22,23). The number of benzene rings is 2. The minimum absolute atomic E-state index is 0.103. The van der Waals surface area contributed by atoms with Gasteiger partial charge in [-0.15, -0.1) is 0 Å². The van der Waals surface area contributed by atoms with Gasteiger partial charge >= 0.3 is 5.97 Å². The molecule has 0 fully saturated rings. The van der Waals surface area contributed by atoms with Crippen molar-refractivity contribution < 1.29 is 28.2 Å². The molecule has 0 heterocycles. The Morgan fingerprint density at radius 1 is 1.07 bits per heavy atom. The predicted octanol–water partition coefficient (Wildman–Crippen LogP) is 3.33. The van der Waals surface area contributed by atoms with Gasteiger partial charge in [-0.25, -0.2) is 9.18 Å². The van der Waals surface area contributed by atoms with Crippen molar-refractivity contribution in [2.24, 2.45) is 0 Å². The fraction of sp³-hybridized carbons (Fsp3) is 0.222. The Bertz CT molecular complexity index is 860. The number of esters is 1. The number of rotatable bonds is 7. The number of hydrogen-bond donors (Lipinski definition) is 2. The Morgan fingerprint density at radius 3 is 2.33 bits per heavy atom. The molecule has 0 aromatic heterocycles. The van der Waals surface area contributed by atoms with Crippen molar-refractivity contribution in [3.63, 3.8) is 0 Å². The van der Waals surface area contributed by atoms with Crippen LogP contribution in [0.3, 0.4) is 0 Å². The summed E-state index contributed by atoms with van der Waals surface area (Å²) in [4.78, 5) is 24.1. The molecule has 0 atom stereocenters. The van der Waals surface area contributed by atoms with Crippen LogP contribution >= 0.6 is 11.6 Å². The summed E-state index contributed by atoms with van der Waals surface area (Å²) in [6.45, 7) is -0.172. The van der Waals surface area contributed by atoms with Crippen molar-refractivity contribution in [2.45, 2.75) is 0 Å². The molecule has 0 saturated carbocycles. The maximum atomic E-state index is 13.2. The van der Waals surface area contributed by atoms with Gasteiger partial charge in [-0.3, -0.25) is 4.79 Å². The van der Waals surface area contributed by atoms with Gasteiger partial charge in [0.2, 0.25) is 5.91 Å². The lowest BCUT2D eigenvalue weighted by atomic mass is 10.1. The molecule has 27 heavy (non-hydrogen) atoms. The van der Waals surface area contributed by atoms with E-state index in [1.54, 1.807) is 0 Å². The van der Waals surface area contributed by atoms with Gasteiger partial charge in [0.15, 0.2) is 11.5 Å². The van der Waals surface area contributed by atoms with Crippen LogP contribution in [0.4, 0.5) is 15.8 Å². The average molecular weight is 397 g/mol. The minimum atomic E-state index is -0.607. The van der Waals surface area contributed by atoms with Crippen LogP contribution in [0.25, 0.3) is 0 Å². The monoisotopic (exact) mass is 396 g/mol. The Kier molecular flexibility index (Phi) is 6.84. The Balaban J connectivity index is 2.16. The number of anilines is 2. The predicted molar refractivity (Wildman–Crippen MR) is 99.4 cm³/mol. The second-order valence-electron chi connectivity index (χ2n) is 5.27. The fourth-order valence-corrected chi connectivity index (χ4v) is 2.44. The van der Waals surface area contributed by atoms with Crippen LogP contribution in [0, 0.1) is 5.82 Å². The molecule has 1 amide bonds. The van der Waals surface area contributed by atoms with Crippen LogP contribution in [-0.2, 0) is 9.53 Å². The van der Waals surface area contributed by atoms with Crippen LogP contribution in [-0.4, -0.2) is 39.8 Å². The van der Waals surface area contributed by atoms with E-state index in [1.165, 1.54) is 45.6 Å². The molecule has 2 N–H and O–H groups in total. The van der Waals surface area contributed by atoms with Crippen molar-refractivity contribution in [3.8, 4) is 11.5 Å². The zero-order valence-electron chi connectivity index (χ0n) is 14.9. The van der Waals surface area contributed by atoms with Gasteiger partial charge in [0.25, 0.3) is 0 Å². The smallest absolute Gasteiger partial charge is 0.340 e. The molecular formula is C18H18ClFN2O5. The molecule has 0 spiro atoms. The zero-order chi connectivity index (χ0) is 20.0. The van der Waals surface area contributed by atoms with E-state index >= 15 is 0 Å². The molecule has 144 valence electrons. The molecule has 0 aliphatic carbocycles. The van der Waals surface area contributed by atoms with Crippen LogP contribution in [0.15, 0.2) is 30.3 Å². The average Bonchev–Trinajstić information content (AvgIpc) is 2.67. The molecule has 0 aliphatic rings. The van der Waals surface area contributed by atoms with Gasteiger partial charge in [-0.2, -0.15) is 0 Å². The van der Waals surface area contributed by atoms with Crippen molar-refractivity contribution in [2.75, 3.05) is 38.5 Å². The zero-order valence-corrected chi connectivity index (χ0v) is 15.6. The molecule has 0 radical (unpaired) electrons. The highest BCUT2D eigenvalue weighted by Gasteiger charge is 2.18. The molecule has 2 rings (SSSR count). The minimum Gasteiger partial charge on any atom is -0.493 e. The molecular weight excluding hydrogens is 379 g/mol. The third-order valence-electron chi connectivity index (χ3n) is 3.57. The van der Waals surface area contributed by atoms with E-state index in [1.807, 2.05) is 0 Å². The maximum absolute atomic E-state index is 13.2. The first kappa shape index (κ1) is 20.3. The lowest BCUT2D eigenvalue weighted by Gasteiger charge is -2.15. The van der Waals surface area contributed by atoms with E-state index in [9.17, 15) is 14.0 Å². The maximum Gasteiger partial charge on any atom is 0.340 e. The molecule has 2 aromatic rings. The summed E-state index contributed by atoms with van der Waals surface area (Å²) in [5.41, 5.74) is 0.841. The molecule has 0 aliphatic heterocycles. The van der Waals surface area contributed by atoms with Crippen molar-refractivity contribution >= 4 is 34.9 Å². The summed E-state index contributed by atoms with van der Waals surface area (Å²) < 4.78 is 28.3. The summed E-state index contributed by atoms with van der Waals surface area (Å²) in [6, 6.07) is 6.80. The molecule has 9 heteroatoms. The SMILES string of the molecule is COC(=O)c1cc(OC)c(OC)cc1NCC(=O)Nc1ccc(F)c(Cl)c1. The van der Waals surface area contributed by atoms with Gasteiger partial charge in [0.05, 0.1) is 44.1 Å². The highest BCUT2D eigenvalue weighted by molar-refractivity contribution is 6.31. The first-order chi connectivity index (χ1) is 12.9. The summed E-state index contributed by atoms with van der Waals surface area (Å²) in [5.74, 6) is -0.902. The summed E-state index contributed by atoms with van der Waals surface area (Å²) in [6.07, 6.45) is 0. The summed E-state index contributed by atoms with van der Waals surface area (Å²) in [7, 11) is 4.13. The number of methoxy groups -OCH3 is 3. The van der Waals surface area contributed by atoms with Gasteiger partial charge in [0.1, 0.15) is 5.82 Å². The summed E-state index contributed by atoms with van der Waals surface area (Å²) in [5, 5.41) is 5.31. The van der Waals surface area contributed by atoms with Crippen molar-refractivity contribution in [1.82, 2.24) is 0 Å². The van der Waals surface area contributed by atoms with E-state index in [2.05, 4.69) is 10.6 Å². The number of hydrogen-bond acceptors (Lipinski definition) is 6. The Morgan fingerprint density at radius 2 is 1.74 bits per heavy atom. The highest BCUT2D eigenvalue weighted by atomic mass is 35.5. The highest BCUT2D eigenvalue weighted by Crippen LogP contribution is 2.33. The van der Waals surface area contributed by atoms with E-state index in [0.29, 0.717) is 22.9 Å². The van der Waals surface area contributed by atoms with Gasteiger partial charge in [-0.05, 0) is 18.2 Å². The summed E-state index contributed by atoms with van der Waals surface area (Å²) >= 11 is 5.68. The molecule has 0 saturated heterocycles. The number of nitrogens with one attached hydrogen (secondary N) is 2. The van der Waals surface area contributed by atoms with E-state index in [0.717, 1.165) is 6.07 Å². The third kappa shape index (κ3) is 5.01. The first-order valence-electron chi connectivity index (χ1n) is 7.72.